The molecule has 1 saturated heterocycles. The van der Waals surface area contributed by atoms with Gasteiger partial charge in [-0.1, -0.05) is 33.8 Å². The zero-order valence-electron chi connectivity index (χ0n) is 23.7. The number of likely N-dealkylation sites (tertiary alicyclic amines) is 1. The van der Waals surface area contributed by atoms with Gasteiger partial charge in [0.2, 0.25) is 0 Å². The molecule has 0 atom stereocenters. The predicted molar refractivity (Wildman–Crippen MR) is 152 cm³/mol. The van der Waals surface area contributed by atoms with E-state index in [2.05, 4.69) is 81.4 Å². The van der Waals surface area contributed by atoms with Gasteiger partial charge in [-0.15, -0.1) is 0 Å². The zero-order chi connectivity index (χ0) is 27.0. The quantitative estimate of drug-likeness (QED) is 0.578. The van der Waals surface area contributed by atoms with Crippen molar-refractivity contribution in [3.05, 3.63) is 64.7 Å². The van der Waals surface area contributed by atoms with Gasteiger partial charge in [0.05, 0.1) is 0 Å². The Kier molecular flexibility index (Phi) is 7.55. The highest BCUT2D eigenvalue weighted by Crippen LogP contribution is 2.45. The SMILES string of the molecule is CN1CCC(CNC(=O)c2ccc(NC(=O)c3ccc4c(c3)C(C)(C)CCC4(C)C)cc2)(N(C)C)CC1. The van der Waals surface area contributed by atoms with Crippen LogP contribution in [-0.4, -0.2) is 67.9 Å². The maximum atomic E-state index is 13.1. The summed E-state index contributed by atoms with van der Waals surface area (Å²) in [4.78, 5) is 30.6. The van der Waals surface area contributed by atoms with Crippen LogP contribution in [-0.2, 0) is 10.8 Å². The molecule has 0 bridgehead atoms. The third kappa shape index (κ3) is 5.75. The number of anilines is 1. The summed E-state index contributed by atoms with van der Waals surface area (Å²) < 4.78 is 0. The number of benzene rings is 2. The normalized spacial score (nSPS) is 20.2. The maximum absolute atomic E-state index is 13.1. The first-order chi connectivity index (χ1) is 17.3. The van der Waals surface area contributed by atoms with E-state index in [0.29, 0.717) is 23.4 Å². The van der Waals surface area contributed by atoms with Gasteiger partial charge in [-0.2, -0.15) is 0 Å². The molecule has 2 amide bonds. The molecule has 1 aliphatic heterocycles. The van der Waals surface area contributed by atoms with Crippen LogP contribution in [0.25, 0.3) is 0 Å². The maximum Gasteiger partial charge on any atom is 0.255 e. The van der Waals surface area contributed by atoms with E-state index in [-0.39, 0.29) is 28.2 Å². The average Bonchev–Trinajstić information content (AvgIpc) is 2.86. The summed E-state index contributed by atoms with van der Waals surface area (Å²) in [6.45, 7) is 11.8. The fraction of sp³-hybridized carbons (Fsp3) is 0.548. The number of likely N-dealkylation sites (N-methyl/N-ethyl adjacent to an activating group) is 1. The first-order valence-corrected chi connectivity index (χ1v) is 13.5. The van der Waals surface area contributed by atoms with E-state index < -0.39 is 0 Å². The average molecular weight is 505 g/mol. The monoisotopic (exact) mass is 504 g/mol. The Balaban J connectivity index is 1.40. The zero-order valence-corrected chi connectivity index (χ0v) is 23.7. The molecule has 2 aromatic carbocycles. The molecule has 2 aliphatic rings. The van der Waals surface area contributed by atoms with E-state index in [1.165, 1.54) is 11.1 Å². The highest BCUT2D eigenvalue weighted by atomic mass is 16.2. The molecule has 200 valence electrons. The Morgan fingerprint density at radius 3 is 1.97 bits per heavy atom. The van der Waals surface area contributed by atoms with Crippen molar-refractivity contribution in [2.75, 3.05) is 46.1 Å². The highest BCUT2D eigenvalue weighted by molar-refractivity contribution is 6.04. The molecule has 2 aromatic rings. The summed E-state index contributed by atoms with van der Waals surface area (Å²) in [6, 6.07) is 13.3. The van der Waals surface area contributed by atoms with E-state index >= 15 is 0 Å². The molecule has 6 heteroatoms. The fourth-order valence-electron chi connectivity index (χ4n) is 5.80. The minimum Gasteiger partial charge on any atom is -0.350 e. The number of rotatable bonds is 6. The molecule has 0 unspecified atom stereocenters. The Hall–Kier alpha value is -2.70. The molecule has 0 spiro atoms. The Morgan fingerprint density at radius 1 is 0.811 bits per heavy atom. The van der Waals surface area contributed by atoms with Crippen molar-refractivity contribution in [3.8, 4) is 0 Å². The molecule has 1 fully saturated rings. The molecule has 0 radical (unpaired) electrons. The number of nitrogens with zero attached hydrogens (tertiary/aromatic N) is 2. The Morgan fingerprint density at radius 2 is 1.38 bits per heavy atom. The van der Waals surface area contributed by atoms with Gasteiger partial charge in [0.25, 0.3) is 11.8 Å². The summed E-state index contributed by atoms with van der Waals surface area (Å²) in [6.07, 6.45) is 4.30. The molecular formula is C31H44N4O2. The van der Waals surface area contributed by atoms with Crippen LogP contribution in [0.4, 0.5) is 5.69 Å². The molecule has 4 rings (SSSR count). The van der Waals surface area contributed by atoms with Crippen molar-refractivity contribution in [2.24, 2.45) is 0 Å². The lowest BCUT2D eigenvalue weighted by Crippen LogP contribution is -2.57. The molecule has 37 heavy (non-hydrogen) atoms. The number of amides is 2. The molecule has 1 heterocycles. The van der Waals surface area contributed by atoms with Crippen molar-refractivity contribution in [2.45, 2.75) is 69.7 Å². The van der Waals surface area contributed by atoms with Crippen LogP contribution in [0, 0.1) is 0 Å². The topological polar surface area (TPSA) is 64.7 Å². The third-order valence-corrected chi connectivity index (χ3v) is 8.96. The van der Waals surface area contributed by atoms with Crippen LogP contribution in [0.3, 0.4) is 0 Å². The largest absolute Gasteiger partial charge is 0.350 e. The van der Waals surface area contributed by atoms with Gasteiger partial charge in [0, 0.05) is 28.9 Å². The lowest BCUT2D eigenvalue weighted by molar-refractivity contribution is 0.0612. The summed E-state index contributed by atoms with van der Waals surface area (Å²) in [5.41, 5.74) is 4.70. The van der Waals surface area contributed by atoms with E-state index in [4.69, 9.17) is 0 Å². The smallest absolute Gasteiger partial charge is 0.255 e. The van der Waals surface area contributed by atoms with E-state index in [1.54, 1.807) is 24.3 Å². The molecule has 0 aromatic heterocycles. The fourth-order valence-corrected chi connectivity index (χ4v) is 5.80. The number of carbonyl (C=O) groups is 2. The number of carbonyl (C=O) groups excluding carboxylic acids is 2. The third-order valence-electron chi connectivity index (χ3n) is 8.96. The summed E-state index contributed by atoms with van der Waals surface area (Å²) in [5.74, 6) is -0.216. The minimum absolute atomic E-state index is 0.0191. The van der Waals surface area contributed by atoms with Crippen molar-refractivity contribution < 1.29 is 9.59 Å². The first kappa shape index (κ1) is 27.3. The van der Waals surface area contributed by atoms with Gasteiger partial charge < -0.3 is 20.4 Å². The lowest BCUT2D eigenvalue weighted by Gasteiger charge is -2.45. The number of hydrogen-bond acceptors (Lipinski definition) is 4. The van der Waals surface area contributed by atoms with E-state index in [1.807, 2.05) is 6.07 Å². The summed E-state index contributed by atoms with van der Waals surface area (Å²) in [5, 5.41) is 6.15. The van der Waals surface area contributed by atoms with E-state index in [0.717, 1.165) is 38.8 Å². The summed E-state index contributed by atoms with van der Waals surface area (Å²) >= 11 is 0. The molecule has 0 saturated carbocycles. The van der Waals surface area contributed by atoms with Crippen LogP contribution in [0.2, 0.25) is 0 Å². The second-order valence-electron chi connectivity index (χ2n) is 12.7. The standard InChI is InChI=1S/C31H44N4O2/c1-29(2)14-15-30(3,4)26-20-23(10-13-25(26)29)28(37)33-24-11-8-22(9-12-24)27(36)32-21-31(34(5)6)16-18-35(7)19-17-31/h8-13,20H,14-19,21H2,1-7H3,(H,32,36)(H,33,37). The van der Waals surface area contributed by atoms with Gasteiger partial charge >= 0.3 is 0 Å². The van der Waals surface area contributed by atoms with Crippen molar-refractivity contribution >= 4 is 17.5 Å². The number of nitrogens with one attached hydrogen (secondary N) is 2. The van der Waals surface area contributed by atoms with E-state index in [9.17, 15) is 9.59 Å². The Labute approximate surface area is 222 Å². The van der Waals surface area contributed by atoms with Crippen molar-refractivity contribution in [3.63, 3.8) is 0 Å². The molecular weight excluding hydrogens is 460 g/mol. The van der Waals surface area contributed by atoms with Crippen LogP contribution < -0.4 is 10.6 Å². The number of fused-ring (bicyclic) bond motifs is 1. The second kappa shape index (κ2) is 10.2. The van der Waals surface area contributed by atoms with Gasteiger partial charge in [-0.3, -0.25) is 9.59 Å². The summed E-state index contributed by atoms with van der Waals surface area (Å²) in [7, 11) is 6.34. The van der Waals surface area contributed by atoms with Crippen LogP contribution in [0.1, 0.15) is 85.2 Å². The van der Waals surface area contributed by atoms with Crippen LogP contribution in [0.15, 0.2) is 42.5 Å². The Bertz CT molecular complexity index is 1140. The van der Waals surface area contributed by atoms with Crippen molar-refractivity contribution in [1.82, 2.24) is 15.1 Å². The number of piperidine rings is 1. The number of hydrogen-bond donors (Lipinski definition) is 2. The van der Waals surface area contributed by atoms with Crippen LogP contribution in [0.5, 0.6) is 0 Å². The predicted octanol–water partition coefficient (Wildman–Crippen LogP) is 5.04. The molecule has 2 N–H and O–H groups in total. The first-order valence-electron chi connectivity index (χ1n) is 13.5. The van der Waals surface area contributed by atoms with Crippen LogP contribution >= 0.6 is 0 Å². The van der Waals surface area contributed by atoms with Gasteiger partial charge in [-0.25, -0.2) is 0 Å². The highest BCUT2D eigenvalue weighted by Gasteiger charge is 2.38. The molecule has 1 aliphatic carbocycles. The minimum atomic E-state index is -0.130. The van der Waals surface area contributed by atoms with Crippen molar-refractivity contribution in [1.29, 1.82) is 0 Å². The van der Waals surface area contributed by atoms with Gasteiger partial charge in [0.1, 0.15) is 0 Å². The second-order valence-corrected chi connectivity index (χ2v) is 12.7. The van der Waals surface area contributed by atoms with Gasteiger partial charge in [-0.05, 0) is 118 Å². The van der Waals surface area contributed by atoms with Gasteiger partial charge in [0.15, 0.2) is 0 Å². The lowest BCUT2D eigenvalue weighted by atomic mass is 9.63. The molecule has 6 nitrogen and oxygen atoms in total.